The first-order valence-electron chi connectivity index (χ1n) is 11.4. The lowest BCUT2D eigenvalue weighted by molar-refractivity contribution is 0.210. The molecule has 1 aliphatic heterocycles. The standard InChI is InChI=1S/C25H24N8S/c1-17-21(13-29-33(17)20-5-8-30(2)9-6-20)18-10-24(25-19(11-26)12-28-32(25)15-18)34-23-4-3-7-31-16-27-14-22(23)31/h3-4,7,10,12-16,20H,5-6,8-9H2,1-2H3. The Morgan fingerprint density at radius 1 is 1.12 bits per heavy atom. The van der Waals surface area contributed by atoms with Gasteiger partial charge in [0.2, 0.25) is 0 Å². The van der Waals surface area contributed by atoms with Gasteiger partial charge >= 0.3 is 0 Å². The van der Waals surface area contributed by atoms with Crippen LogP contribution in [0, 0.1) is 18.3 Å². The minimum Gasteiger partial charge on any atom is -0.306 e. The number of likely N-dealkylation sites (tertiary alicyclic amines) is 1. The van der Waals surface area contributed by atoms with Crippen LogP contribution in [0.5, 0.6) is 0 Å². The Balaban J connectivity index is 1.45. The fourth-order valence-corrected chi connectivity index (χ4v) is 5.97. The van der Waals surface area contributed by atoms with Gasteiger partial charge in [-0.25, -0.2) is 9.50 Å². The van der Waals surface area contributed by atoms with E-state index in [1.165, 1.54) is 0 Å². The van der Waals surface area contributed by atoms with Crippen molar-refractivity contribution >= 4 is 22.8 Å². The number of hydrogen-bond acceptors (Lipinski definition) is 6. The summed E-state index contributed by atoms with van der Waals surface area (Å²) in [7, 11) is 2.18. The molecule has 0 saturated carbocycles. The van der Waals surface area contributed by atoms with Crippen LogP contribution in [0.15, 0.2) is 65.3 Å². The summed E-state index contributed by atoms with van der Waals surface area (Å²) in [4.78, 5) is 8.71. The fourth-order valence-electron chi connectivity index (χ4n) is 4.83. The van der Waals surface area contributed by atoms with Crippen LogP contribution >= 0.6 is 11.8 Å². The van der Waals surface area contributed by atoms with E-state index in [1.54, 1.807) is 24.3 Å². The number of fused-ring (bicyclic) bond motifs is 2. The Morgan fingerprint density at radius 3 is 2.79 bits per heavy atom. The van der Waals surface area contributed by atoms with Crippen molar-refractivity contribution in [1.29, 1.82) is 5.26 Å². The molecule has 0 aliphatic carbocycles. The fraction of sp³-hybridized carbons (Fsp3) is 0.280. The molecule has 0 amide bonds. The summed E-state index contributed by atoms with van der Waals surface area (Å²) in [5.74, 6) is 0. The highest BCUT2D eigenvalue weighted by Gasteiger charge is 2.22. The first-order valence-corrected chi connectivity index (χ1v) is 12.2. The predicted octanol–water partition coefficient (Wildman–Crippen LogP) is 4.44. The van der Waals surface area contributed by atoms with Crippen molar-refractivity contribution in [2.24, 2.45) is 0 Å². The molecule has 170 valence electrons. The molecule has 8 nitrogen and oxygen atoms in total. The second-order valence-electron chi connectivity index (χ2n) is 8.84. The highest BCUT2D eigenvalue weighted by atomic mass is 32.2. The van der Waals surface area contributed by atoms with Gasteiger partial charge in [-0.3, -0.25) is 4.68 Å². The van der Waals surface area contributed by atoms with Gasteiger partial charge in [-0.05, 0) is 58.1 Å². The largest absolute Gasteiger partial charge is 0.306 e. The third kappa shape index (κ3) is 3.47. The van der Waals surface area contributed by atoms with Gasteiger partial charge in [0, 0.05) is 39.0 Å². The maximum Gasteiger partial charge on any atom is 0.103 e. The summed E-state index contributed by atoms with van der Waals surface area (Å²) in [6, 6.07) is 8.97. The summed E-state index contributed by atoms with van der Waals surface area (Å²) < 4.78 is 6.01. The molecule has 0 radical (unpaired) electrons. The molecule has 1 saturated heterocycles. The summed E-state index contributed by atoms with van der Waals surface area (Å²) in [6.45, 7) is 4.33. The summed E-state index contributed by atoms with van der Waals surface area (Å²) in [5.41, 5.74) is 5.71. The number of nitrogens with zero attached hydrogens (tertiary/aromatic N) is 8. The summed E-state index contributed by atoms with van der Waals surface area (Å²) in [6.07, 6.45) is 13.5. The Labute approximate surface area is 201 Å². The van der Waals surface area contributed by atoms with Crippen molar-refractivity contribution in [1.82, 2.24) is 33.7 Å². The number of nitriles is 1. The molecule has 1 aliphatic rings. The zero-order chi connectivity index (χ0) is 23.2. The Hall–Kier alpha value is -3.61. The molecule has 6 heterocycles. The van der Waals surface area contributed by atoms with Gasteiger partial charge in [-0.15, -0.1) is 0 Å². The molecule has 6 rings (SSSR count). The van der Waals surface area contributed by atoms with Gasteiger partial charge in [-0.1, -0.05) is 11.8 Å². The summed E-state index contributed by atoms with van der Waals surface area (Å²) >= 11 is 1.63. The van der Waals surface area contributed by atoms with Gasteiger partial charge in [0.05, 0.1) is 47.6 Å². The first-order chi connectivity index (χ1) is 16.6. The van der Waals surface area contributed by atoms with Crippen LogP contribution in [0.3, 0.4) is 0 Å². The van der Waals surface area contributed by atoms with Crippen LogP contribution in [-0.2, 0) is 0 Å². The molecule has 5 aromatic heterocycles. The quantitative estimate of drug-likeness (QED) is 0.388. The van der Waals surface area contributed by atoms with E-state index in [0.29, 0.717) is 11.6 Å². The molecule has 9 heteroatoms. The molecular formula is C25H24N8S. The Bertz CT molecular complexity index is 1540. The SMILES string of the molecule is Cc1c(-c2cc(Sc3cccn4cncc34)c3c(C#N)cnn3c2)cnn1C1CCN(C)CC1. The first kappa shape index (κ1) is 21.0. The van der Waals surface area contributed by atoms with Crippen molar-refractivity contribution in [3.8, 4) is 17.2 Å². The monoisotopic (exact) mass is 468 g/mol. The number of pyridine rings is 2. The smallest absolute Gasteiger partial charge is 0.103 e. The average molecular weight is 469 g/mol. The highest BCUT2D eigenvalue weighted by molar-refractivity contribution is 7.99. The van der Waals surface area contributed by atoms with E-state index in [-0.39, 0.29) is 0 Å². The molecule has 0 bridgehead atoms. The lowest BCUT2D eigenvalue weighted by Crippen LogP contribution is -2.32. The highest BCUT2D eigenvalue weighted by Crippen LogP contribution is 2.38. The zero-order valence-electron chi connectivity index (χ0n) is 19.1. The van der Waals surface area contributed by atoms with Crippen LogP contribution in [0.2, 0.25) is 0 Å². The number of imidazole rings is 1. The van der Waals surface area contributed by atoms with Crippen molar-refractivity contribution in [2.75, 3.05) is 20.1 Å². The topological polar surface area (TPSA) is 79.5 Å². The van der Waals surface area contributed by atoms with Gasteiger partial charge < -0.3 is 9.30 Å². The molecule has 34 heavy (non-hydrogen) atoms. The molecule has 1 fully saturated rings. The second kappa shape index (κ2) is 8.31. The van der Waals surface area contributed by atoms with Crippen LogP contribution in [-0.4, -0.2) is 53.8 Å². The maximum absolute atomic E-state index is 9.71. The lowest BCUT2D eigenvalue weighted by atomic mass is 10.0. The Morgan fingerprint density at radius 2 is 1.97 bits per heavy atom. The average Bonchev–Trinajstić information content (AvgIpc) is 3.58. The van der Waals surface area contributed by atoms with Gasteiger partial charge in [-0.2, -0.15) is 15.5 Å². The minimum absolute atomic E-state index is 0.428. The van der Waals surface area contributed by atoms with Crippen LogP contribution in [0.25, 0.3) is 22.2 Å². The van der Waals surface area contributed by atoms with Crippen LogP contribution in [0.4, 0.5) is 0 Å². The van der Waals surface area contributed by atoms with Crippen molar-refractivity contribution in [2.45, 2.75) is 35.6 Å². The maximum atomic E-state index is 9.71. The van der Waals surface area contributed by atoms with E-state index in [1.807, 2.05) is 39.8 Å². The van der Waals surface area contributed by atoms with Crippen molar-refractivity contribution < 1.29 is 0 Å². The second-order valence-corrected chi connectivity index (χ2v) is 9.92. The third-order valence-corrected chi connectivity index (χ3v) is 7.82. The number of aromatic nitrogens is 6. The molecule has 0 atom stereocenters. The van der Waals surface area contributed by atoms with E-state index in [0.717, 1.165) is 63.6 Å². The van der Waals surface area contributed by atoms with Gasteiger partial charge in [0.1, 0.15) is 6.07 Å². The van der Waals surface area contributed by atoms with E-state index in [2.05, 4.69) is 51.8 Å². The molecule has 5 aromatic rings. The number of rotatable bonds is 4. The molecule has 0 N–H and O–H groups in total. The van der Waals surface area contributed by atoms with E-state index in [9.17, 15) is 5.26 Å². The minimum atomic E-state index is 0.428. The predicted molar refractivity (Wildman–Crippen MR) is 131 cm³/mol. The van der Waals surface area contributed by atoms with E-state index >= 15 is 0 Å². The summed E-state index contributed by atoms with van der Waals surface area (Å²) in [5, 5.41) is 19.0. The zero-order valence-corrected chi connectivity index (χ0v) is 19.9. The van der Waals surface area contributed by atoms with E-state index in [4.69, 9.17) is 5.10 Å². The normalized spacial score (nSPS) is 15.3. The van der Waals surface area contributed by atoms with Gasteiger partial charge in [0.25, 0.3) is 0 Å². The molecule has 0 aromatic carbocycles. The molecular weight excluding hydrogens is 444 g/mol. The van der Waals surface area contributed by atoms with E-state index < -0.39 is 0 Å². The molecule has 0 spiro atoms. The number of hydrogen-bond donors (Lipinski definition) is 0. The van der Waals surface area contributed by atoms with Crippen molar-refractivity contribution in [3.05, 3.63) is 66.8 Å². The van der Waals surface area contributed by atoms with Crippen LogP contribution in [0.1, 0.15) is 30.1 Å². The molecule has 0 unspecified atom stereocenters. The van der Waals surface area contributed by atoms with Crippen LogP contribution < -0.4 is 0 Å². The number of piperidine rings is 1. The van der Waals surface area contributed by atoms with Crippen molar-refractivity contribution in [3.63, 3.8) is 0 Å². The lowest BCUT2D eigenvalue weighted by Gasteiger charge is -2.29. The third-order valence-electron chi connectivity index (χ3n) is 6.72. The van der Waals surface area contributed by atoms with Gasteiger partial charge in [0.15, 0.2) is 0 Å². The Kier molecular flexibility index (Phi) is 5.12.